The van der Waals surface area contributed by atoms with Crippen LogP contribution in [0.2, 0.25) is 0 Å². The van der Waals surface area contributed by atoms with Gasteiger partial charge in [0.2, 0.25) is 0 Å². The van der Waals surface area contributed by atoms with Gasteiger partial charge in [-0.3, -0.25) is 4.21 Å². The van der Waals surface area contributed by atoms with Gasteiger partial charge in [0, 0.05) is 11.5 Å². The zero-order valence-electron chi connectivity index (χ0n) is 5.05. The summed E-state index contributed by atoms with van der Waals surface area (Å²) < 4.78 is 19.5. The average molecular weight is 146 g/mol. The molecule has 1 atom stereocenters. The SMILES string of the molecule is CSCCS(=O)[O-].[Li+]. The maximum absolute atomic E-state index is 9.74. The van der Waals surface area contributed by atoms with Gasteiger partial charge in [-0.25, -0.2) is 0 Å². The zero-order valence-corrected chi connectivity index (χ0v) is 6.68. The van der Waals surface area contributed by atoms with Gasteiger partial charge in [-0.2, -0.15) is 11.8 Å². The molecule has 0 rings (SSSR count). The molecule has 0 spiro atoms. The van der Waals surface area contributed by atoms with Crippen molar-refractivity contribution in [2.45, 2.75) is 0 Å². The fourth-order valence-corrected chi connectivity index (χ4v) is 1.36. The van der Waals surface area contributed by atoms with Crippen LogP contribution in [0, 0.1) is 0 Å². The van der Waals surface area contributed by atoms with Gasteiger partial charge < -0.3 is 4.55 Å². The van der Waals surface area contributed by atoms with Crippen LogP contribution in [0.3, 0.4) is 0 Å². The van der Waals surface area contributed by atoms with Gasteiger partial charge in [-0.05, 0) is 6.26 Å². The summed E-state index contributed by atoms with van der Waals surface area (Å²) in [5.41, 5.74) is 0. The van der Waals surface area contributed by atoms with E-state index < -0.39 is 11.1 Å². The first kappa shape index (κ1) is 11.8. The molecule has 0 amide bonds. The normalized spacial score (nSPS) is 12.2. The van der Waals surface area contributed by atoms with Crippen molar-refractivity contribution in [2.75, 3.05) is 17.8 Å². The predicted octanol–water partition coefficient (Wildman–Crippen LogP) is -2.77. The third kappa shape index (κ3) is 10.1. The molecule has 0 saturated carbocycles. The molecule has 0 fully saturated rings. The third-order valence-corrected chi connectivity index (χ3v) is 1.86. The van der Waals surface area contributed by atoms with Crippen molar-refractivity contribution < 1.29 is 27.6 Å². The smallest absolute Gasteiger partial charge is 0.772 e. The summed E-state index contributed by atoms with van der Waals surface area (Å²) in [7, 11) is 0. The van der Waals surface area contributed by atoms with E-state index in [2.05, 4.69) is 0 Å². The van der Waals surface area contributed by atoms with Crippen LogP contribution in [-0.4, -0.2) is 26.5 Å². The van der Waals surface area contributed by atoms with Crippen molar-refractivity contribution in [1.82, 2.24) is 0 Å². The second kappa shape index (κ2) is 8.06. The summed E-state index contributed by atoms with van der Waals surface area (Å²) in [5.74, 6) is 0.983. The molecule has 0 N–H and O–H groups in total. The van der Waals surface area contributed by atoms with Gasteiger partial charge >= 0.3 is 18.9 Å². The van der Waals surface area contributed by atoms with E-state index in [1.165, 1.54) is 11.8 Å². The second-order valence-corrected chi connectivity index (χ2v) is 3.00. The van der Waals surface area contributed by atoms with Crippen molar-refractivity contribution in [3.63, 3.8) is 0 Å². The Balaban J connectivity index is 0. The summed E-state index contributed by atoms with van der Waals surface area (Å²) in [6.45, 7) is 0. The van der Waals surface area contributed by atoms with E-state index in [-0.39, 0.29) is 24.6 Å². The Labute approximate surface area is 68.3 Å². The first-order chi connectivity index (χ1) is 3.27. The molecule has 5 heteroatoms. The van der Waals surface area contributed by atoms with Crippen LogP contribution in [0.4, 0.5) is 0 Å². The summed E-state index contributed by atoms with van der Waals surface area (Å²) in [5, 5.41) is 0. The van der Waals surface area contributed by atoms with Crippen LogP contribution in [0.15, 0.2) is 0 Å². The molecule has 0 aromatic heterocycles. The molecular weight excluding hydrogens is 139 g/mol. The van der Waals surface area contributed by atoms with Crippen molar-refractivity contribution in [3.8, 4) is 0 Å². The zero-order chi connectivity index (χ0) is 5.70. The average Bonchev–Trinajstić information content (AvgIpc) is 1.61. The molecule has 2 nitrogen and oxygen atoms in total. The minimum Gasteiger partial charge on any atom is -0.772 e. The van der Waals surface area contributed by atoms with Crippen LogP contribution in [0.25, 0.3) is 0 Å². The molecule has 0 heterocycles. The molecule has 0 saturated heterocycles. The van der Waals surface area contributed by atoms with Crippen LogP contribution in [0.1, 0.15) is 0 Å². The fraction of sp³-hybridized carbons (Fsp3) is 1.00. The molecule has 0 radical (unpaired) electrons. The summed E-state index contributed by atoms with van der Waals surface area (Å²) in [6, 6.07) is 0. The van der Waals surface area contributed by atoms with E-state index in [0.717, 1.165) is 0 Å². The van der Waals surface area contributed by atoms with E-state index in [4.69, 9.17) is 0 Å². The molecule has 1 unspecified atom stereocenters. The van der Waals surface area contributed by atoms with E-state index in [9.17, 15) is 8.76 Å². The van der Waals surface area contributed by atoms with Gasteiger partial charge in [0.05, 0.1) is 0 Å². The van der Waals surface area contributed by atoms with Crippen LogP contribution < -0.4 is 18.9 Å². The van der Waals surface area contributed by atoms with Crippen molar-refractivity contribution >= 4 is 22.8 Å². The van der Waals surface area contributed by atoms with E-state index in [1.807, 2.05) is 6.26 Å². The Morgan fingerprint density at radius 1 is 1.75 bits per heavy atom. The van der Waals surface area contributed by atoms with Crippen LogP contribution in [0.5, 0.6) is 0 Å². The third-order valence-electron chi connectivity index (χ3n) is 0.454. The fourth-order valence-electron chi connectivity index (χ4n) is 0.151. The first-order valence-electron chi connectivity index (χ1n) is 1.82. The van der Waals surface area contributed by atoms with Crippen molar-refractivity contribution in [1.29, 1.82) is 0 Å². The Kier molecular flexibility index (Phi) is 11.9. The van der Waals surface area contributed by atoms with Crippen LogP contribution >= 0.6 is 11.8 Å². The van der Waals surface area contributed by atoms with E-state index >= 15 is 0 Å². The molecule has 0 bridgehead atoms. The number of hydrogen-bond donors (Lipinski definition) is 0. The van der Waals surface area contributed by atoms with Gasteiger partial charge in [-0.1, -0.05) is 11.1 Å². The summed E-state index contributed by atoms with van der Waals surface area (Å²) in [4.78, 5) is 0. The summed E-state index contributed by atoms with van der Waals surface area (Å²) >= 11 is -0.299. The van der Waals surface area contributed by atoms with Crippen LogP contribution in [-0.2, 0) is 11.1 Å². The molecule has 0 aromatic carbocycles. The predicted molar refractivity (Wildman–Crippen MR) is 32.2 cm³/mol. The van der Waals surface area contributed by atoms with E-state index in [1.54, 1.807) is 0 Å². The topological polar surface area (TPSA) is 40.1 Å². The Hall–Kier alpha value is 1.06. The maximum atomic E-state index is 9.74. The Morgan fingerprint density at radius 3 is 2.38 bits per heavy atom. The standard InChI is InChI=1S/C3H8O2S2.Li/c1-6-2-3-7(4)5;/h2-3H2,1H3,(H,4,5);/q;+1/p-1. The molecular formula is C3H7LiO2S2. The number of thioether (sulfide) groups is 1. The van der Waals surface area contributed by atoms with Gasteiger partial charge in [0.25, 0.3) is 0 Å². The second-order valence-electron chi connectivity index (χ2n) is 1.00. The molecule has 0 aliphatic carbocycles. The van der Waals surface area contributed by atoms with Gasteiger partial charge in [0.15, 0.2) is 0 Å². The largest absolute Gasteiger partial charge is 1.00 e. The molecule has 0 aliphatic heterocycles. The molecule has 8 heavy (non-hydrogen) atoms. The summed E-state index contributed by atoms with van der Waals surface area (Å²) in [6.07, 6.45) is 1.88. The monoisotopic (exact) mass is 146 g/mol. The Morgan fingerprint density at radius 2 is 2.25 bits per heavy atom. The quantitative estimate of drug-likeness (QED) is 0.320. The van der Waals surface area contributed by atoms with Gasteiger partial charge in [-0.15, -0.1) is 0 Å². The number of rotatable bonds is 3. The Bertz CT molecular complexity index is 68.3. The molecule has 0 aromatic rings. The first-order valence-corrected chi connectivity index (χ1v) is 4.46. The maximum Gasteiger partial charge on any atom is 1.00 e. The molecule has 44 valence electrons. The van der Waals surface area contributed by atoms with Crippen molar-refractivity contribution in [2.24, 2.45) is 0 Å². The molecule has 0 aliphatic rings. The van der Waals surface area contributed by atoms with Gasteiger partial charge in [0.1, 0.15) is 0 Å². The van der Waals surface area contributed by atoms with E-state index in [0.29, 0.717) is 5.75 Å². The minimum absolute atomic E-state index is 0. The van der Waals surface area contributed by atoms with Crippen molar-refractivity contribution in [3.05, 3.63) is 0 Å². The minimum atomic E-state index is -1.84. The number of hydrogen-bond acceptors (Lipinski definition) is 3.